The van der Waals surface area contributed by atoms with Crippen LogP contribution in [-0.2, 0) is 25.9 Å². The molecule has 2 N–H and O–H groups in total. The van der Waals surface area contributed by atoms with Crippen LogP contribution in [0.2, 0.25) is 0 Å². The van der Waals surface area contributed by atoms with Crippen molar-refractivity contribution in [3.05, 3.63) is 42.9 Å². The molecular formula is C26H24F3N7O4S. The molecule has 1 amide bonds. The maximum atomic E-state index is 13.5. The van der Waals surface area contributed by atoms with Crippen molar-refractivity contribution in [2.24, 2.45) is 0 Å². The number of alkyl halides is 3. The number of hydrogen-bond donors (Lipinski definition) is 1. The van der Waals surface area contributed by atoms with Gasteiger partial charge in [0.05, 0.1) is 28.6 Å². The summed E-state index contributed by atoms with van der Waals surface area (Å²) in [6.45, 7) is 1.73. The highest BCUT2D eigenvalue weighted by Crippen LogP contribution is 2.39. The molecule has 0 spiro atoms. The van der Waals surface area contributed by atoms with Gasteiger partial charge in [0.25, 0.3) is 5.91 Å². The van der Waals surface area contributed by atoms with Gasteiger partial charge in [0.1, 0.15) is 30.0 Å². The van der Waals surface area contributed by atoms with Gasteiger partial charge in [0.2, 0.25) is 0 Å². The summed E-state index contributed by atoms with van der Waals surface area (Å²) in [4.78, 5) is 18.6. The molecule has 1 atom stereocenters. The van der Waals surface area contributed by atoms with Crippen LogP contribution in [0.3, 0.4) is 0 Å². The minimum absolute atomic E-state index is 0.00788. The number of hydrogen-bond acceptors (Lipinski definition) is 8. The predicted molar refractivity (Wildman–Crippen MR) is 143 cm³/mol. The highest BCUT2D eigenvalue weighted by molar-refractivity contribution is 7.90. The number of terminal acetylenes is 1. The van der Waals surface area contributed by atoms with Crippen molar-refractivity contribution < 1.29 is 31.1 Å². The molecule has 0 unspecified atom stereocenters. The molecule has 3 aromatic heterocycles. The second-order valence-corrected chi connectivity index (χ2v) is 12.0. The third kappa shape index (κ3) is 5.00. The number of carbonyl (C=O) groups excluding carboxylic acids is 1. The average Bonchev–Trinajstić information content (AvgIpc) is 3.48. The maximum absolute atomic E-state index is 13.5. The van der Waals surface area contributed by atoms with Crippen molar-refractivity contribution in [3.63, 3.8) is 0 Å². The molecule has 0 bridgehead atoms. The molecule has 1 aliphatic rings. The number of nitrogen functional groups attached to an aromatic ring is 1. The van der Waals surface area contributed by atoms with E-state index >= 15 is 0 Å². The Hall–Kier alpha value is -4.42. The quantitative estimate of drug-likeness (QED) is 0.352. The van der Waals surface area contributed by atoms with Crippen molar-refractivity contribution >= 4 is 32.8 Å². The zero-order valence-electron chi connectivity index (χ0n) is 22.0. The largest absolute Gasteiger partial charge is 0.408 e. The minimum atomic E-state index is -4.54. The molecule has 0 radical (unpaired) electrons. The fourth-order valence-corrected chi connectivity index (χ4v) is 5.61. The Balaban J connectivity index is 1.76. The van der Waals surface area contributed by atoms with Gasteiger partial charge in [-0.25, -0.2) is 17.9 Å². The van der Waals surface area contributed by atoms with Crippen LogP contribution in [0.1, 0.15) is 13.8 Å². The summed E-state index contributed by atoms with van der Waals surface area (Å²) in [6, 6.07) is 6.35. The summed E-state index contributed by atoms with van der Waals surface area (Å²) in [5.41, 5.74) is 6.19. The number of benzene rings is 1. The second-order valence-electron chi connectivity index (χ2n) is 9.97. The van der Waals surface area contributed by atoms with Crippen LogP contribution in [0.5, 0.6) is 0 Å². The smallest absolute Gasteiger partial charge is 0.382 e. The number of morpholine rings is 1. The zero-order valence-corrected chi connectivity index (χ0v) is 22.9. The van der Waals surface area contributed by atoms with Gasteiger partial charge in [-0.05, 0) is 38.1 Å². The Bertz CT molecular complexity index is 1840. The number of fused-ring (bicyclic) bond motifs is 1. The van der Waals surface area contributed by atoms with Crippen molar-refractivity contribution in [1.29, 1.82) is 0 Å². The van der Waals surface area contributed by atoms with Crippen LogP contribution in [-0.4, -0.2) is 69.4 Å². The number of aromatic nitrogens is 5. The lowest BCUT2D eigenvalue weighted by molar-refractivity contribution is -0.146. The molecule has 214 valence electrons. The number of anilines is 2. The van der Waals surface area contributed by atoms with Gasteiger partial charge in [-0.15, -0.1) is 6.42 Å². The van der Waals surface area contributed by atoms with Gasteiger partial charge >= 0.3 is 6.18 Å². The van der Waals surface area contributed by atoms with Gasteiger partial charge in [0, 0.05) is 23.6 Å². The Morgan fingerprint density at radius 1 is 1.20 bits per heavy atom. The molecule has 1 fully saturated rings. The molecule has 1 saturated heterocycles. The van der Waals surface area contributed by atoms with E-state index in [1.807, 2.05) is 0 Å². The molecule has 5 rings (SSSR count). The van der Waals surface area contributed by atoms with E-state index in [0.717, 1.165) is 10.9 Å². The number of halogens is 3. The van der Waals surface area contributed by atoms with Crippen LogP contribution in [0.4, 0.5) is 24.7 Å². The van der Waals surface area contributed by atoms with E-state index < -0.39 is 40.1 Å². The van der Waals surface area contributed by atoms with Gasteiger partial charge in [0.15, 0.2) is 15.7 Å². The lowest BCUT2D eigenvalue weighted by atomic mass is 10.0. The van der Waals surface area contributed by atoms with Crippen LogP contribution in [0.15, 0.2) is 47.8 Å². The second kappa shape index (κ2) is 9.60. The number of ether oxygens (including phenoxy) is 1. The number of rotatable bonds is 5. The third-order valence-electron chi connectivity index (χ3n) is 6.66. The molecule has 0 aliphatic carbocycles. The molecule has 0 saturated carbocycles. The molecule has 15 heteroatoms. The molecule has 1 aliphatic heterocycles. The molecule has 41 heavy (non-hydrogen) atoms. The molecule has 1 aromatic carbocycles. The standard InChI is InChI=1S/C26H24F3N7O4S/c1-5-16-12-40-25(2,3)24(37)35(16)20-10-15(6-7-21(20)41(4,38)39)19-11-17(22-23(30)31-14-33-36(19)22)18-8-9-32-34(18)13-26(27,28)29/h1,6-11,14,16H,12-13H2,2-4H3,(H2,30,31,33)/t16-/m0/s1. The lowest BCUT2D eigenvalue weighted by Crippen LogP contribution is -2.58. The first-order valence-electron chi connectivity index (χ1n) is 12.1. The number of carbonyl (C=O) groups is 1. The Morgan fingerprint density at radius 2 is 1.93 bits per heavy atom. The normalized spacial score (nSPS) is 17.6. The lowest BCUT2D eigenvalue weighted by Gasteiger charge is -2.41. The van der Waals surface area contributed by atoms with E-state index in [1.165, 1.54) is 46.2 Å². The van der Waals surface area contributed by atoms with E-state index in [1.54, 1.807) is 19.9 Å². The Labute approximate surface area is 232 Å². The van der Waals surface area contributed by atoms with E-state index in [0.29, 0.717) is 11.3 Å². The summed E-state index contributed by atoms with van der Waals surface area (Å²) in [5.74, 6) is 1.93. The van der Waals surface area contributed by atoms with E-state index in [9.17, 15) is 26.4 Å². The summed E-state index contributed by atoms with van der Waals surface area (Å²) in [5, 5.41) is 8.07. The SMILES string of the molecule is C#C[C@H]1COC(C)(C)C(=O)N1c1cc(-c2cc(-c3ccnn3CC(F)(F)F)c3c(N)ncnn23)ccc1S(C)(=O)=O. The third-order valence-corrected chi connectivity index (χ3v) is 7.80. The van der Waals surface area contributed by atoms with E-state index in [2.05, 4.69) is 21.1 Å². The van der Waals surface area contributed by atoms with Crippen LogP contribution < -0.4 is 10.6 Å². The number of sulfone groups is 1. The zero-order chi connectivity index (χ0) is 29.9. The number of nitrogens with two attached hydrogens (primary N) is 1. The van der Waals surface area contributed by atoms with Crippen LogP contribution in [0, 0.1) is 12.3 Å². The fraction of sp³-hybridized carbons (Fsp3) is 0.308. The molecule has 11 nitrogen and oxygen atoms in total. The van der Waals surface area contributed by atoms with E-state index in [4.69, 9.17) is 16.9 Å². The summed E-state index contributed by atoms with van der Waals surface area (Å²) in [7, 11) is -3.85. The molecule has 4 aromatic rings. The van der Waals surface area contributed by atoms with Gasteiger partial charge < -0.3 is 10.5 Å². The highest BCUT2D eigenvalue weighted by Gasteiger charge is 2.43. The predicted octanol–water partition coefficient (Wildman–Crippen LogP) is 2.95. The average molecular weight is 588 g/mol. The topological polar surface area (TPSA) is 138 Å². The van der Waals surface area contributed by atoms with Crippen molar-refractivity contribution in [1.82, 2.24) is 24.4 Å². The molecule has 4 heterocycles. The summed E-state index contributed by atoms with van der Waals surface area (Å²) < 4.78 is 73.2. The van der Waals surface area contributed by atoms with Crippen LogP contribution >= 0.6 is 0 Å². The fourth-order valence-electron chi connectivity index (χ4n) is 4.76. The maximum Gasteiger partial charge on any atom is 0.408 e. The van der Waals surface area contributed by atoms with Crippen LogP contribution in [0.25, 0.3) is 28.0 Å². The van der Waals surface area contributed by atoms with Crippen molar-refractivity contribution in [3.8, 4) is 34.9 Å². The van der Waals surface area contributed by atoms with Gasteiger partial charge in [-0.1, -0.05) is 12.0 Å². The monoisotopic (exact) mass is 587 g/mol. The Morgan fingerprint density at radius 3 is 2.59 bits per heavy atom. The van der Waals surface area contributed by atoms with Gasteiger partial charge in [-0.3, -0.25) is 14.4 Å². The highest BCUT2D eigenvalue weighted by atomic mass is 32.2. The van der Waals surface area contributed by atoms with Crippen molar-refractivity contribution in [2.45, 2.75) is 43.1 Å². The van der Waals surface area contributed by atoms with E-state index in [-0.39, 0.29) is 39.8 Å². The summed E-state index contributed by atoms with van der Waals surface area (Å²) >= 11 is 0. The minimum Gasteiger partial charge on any atom is -0.382 e. The summed E-state index contributed by atoms with van der Waals surface area (Å²) in [6.07, 6.45) is 4.58. The van der Waals surface area contributed by atoms with Crippen molar-refractivity contribution in [2.75, 3.05) is 23.5 Å². The molecular weight excluding hydrogens is 563 g/mol. The number of nitrogens with zero attached hydrogens (tertiary/aromatic N) is 6. The first-order valence-corrected chi connectivity index (χ1v) is 14.0. The van der Waals surface area contributed by atoms with Gasteiger partial charge in [-0.2, -0.15) is 23.4 Å². The first-order chi connectivity index (χ1) is 19.1. The number of amides is 1. The Kier molecular flexibility index (Phi) is 6.58. The first kappa shape index (κ1) is 28.1.